The molecule has 1 amide bonds. The lowest BCUT2D eigenvalue weighted by molar-refractivity contribution is -0.117. The number of halogens is 1. The Kier molecular flexibility index (Phi) is 4.56. The minimum absolute atomic E-state index is 0.0896. The van der Waals surface area contributed by atoms with Crippen LogP contribution in [-0.4, -0.2) is 58.1 Å². The third-order valence-electron chi connectivity index (χ3n) is 4.29. The van der Waals surface area contributed by atoms with Crippen LogP contribution in [0.5, 0.6) is 0 Å². The number of piperazine rings is 1. The largest absolute Gasteiger partial charge is 0.344 e. The number of benzene rings is 1. The number of anilines is 2. The molecular weight excluding hydrogens is 355 g/mol. The molecule has 0 unspecified atom stereocenters. The highest BCUT2D eigenvalue weighted by molar-refractivity contribution is 7.20. The lowest BCUT2D eigenvalue weighted by Gasteiger charge is -2.33. The van der Waals surface area contributed by atoms with Crippen LogP contribution >= 0.6 is 11.3 Å². The molecule has 1 aliphatic heterocycles. The van der Waals surface area contributed by atoms with Gasteiger partial charge in [-0.05, 0) is 31.2 Å². The van der Waals surface area contributed by atoms with Crippen LogP contribution in [0.25, 0.3) is 4.96 Å². The van der Waals surface area contributed by atoms with E-state index in [2.05, 4.69) is 25.2 Å². The van der Waals surface area contributed by atoms with E-state index in [0.29, 0.717) is 12.2 Å². The molecule has 3 aromatic rings. The van der Waals surface area contributed by atoms with E-state index in [1.54, 1.807) is 23.5 Å². The highest BCUT2D eigenvalue weighted by Gasteiger charge is 2.22. The first kappa shape index (κ1) is 16.9. The predicted octanol–water partition coefficient (Wildman–Crippen LogP) is 2.00. The fourth-order valence-corrected chi connectivity index (χ4v) is 3.94. The molecule has 0 aliphatic carbocycles. The fourth-order valence-electron chi connectivity index (χ4n) is 2.96. The molecule has 26 heavy (non-hydrogen) atoms. The molecule has 1 N–H and O–H groups in total. The number of nitrogens with zero attached hydrogens (tertiary/aromatic N) is 5. The maximum Gasteiger partial charge on any atom is 0.238 e. The van der Waals surface area contributed by atoms with E-state index < -0.39 is 0 Å². The molecule has 1 fully saturated rings. The topological polar surface area (TPSA) is 65.8 Å². The van der Waals surface area contributed by atoms with Crippen LogP contribution in [-0.2, 0) is 4.79 Å². The maximum atomic E-state index is 12.9. The zero-order valence-corrected chi connectivity index (χ0v) is 15.2. The van der Waals surface area contributed by atoms with Crippen molar-refractivity contribution in [3.8, 4) is 0 Å². The van der Waals surface area contributed by atoms with Gasteiger partial charge in [-0.1, -0.05) is 11.3 Å². The van der Waals surface area contributed by atoms with E-state index in [4.69, 9.17) is 0 Å². The van der Waals surface area contributed by atoms with Gasteiger partial charge in [0.2, 0.25) is 16.0 Å². The van der Waals surface area contributed by atoms with Gasteiger partial charge in [0.1, 0.15) is 5.82 Å². The summed E-state index contributed by atoms with van der Waals surface area (Å²) in [5.74, 6) is -0.405. The van der Waals surface area contributed by atoms with Crippen LogP contribution in [0.3, 0.4) is 0 Å². The van der Waals surface area contributed by atoms with Crippen molar-refractivity contribution >= 4 is 33.0 Å². The number of aryl methyl sites for hydroxylation is 1. The number of amides is 1. The molecule has 1 aliphatic rings. The summed E-state index contributed by atoms with van der Waals surface area (Å²) in [5.41, 5.74) is 1.57. The number of imidazole rings is 1. The molecule has 0 bridgehead atoms. The summed E-state index contributed by atoms with van der Waals surface area (Å²) in [6.45, 7) is 5.50. The van der Waals surface area contributed by atoms with Crippen LogP contribution in [0.4, 0.5) is 15.2 Å². The average Bonchev–Trinajstić information content (AvgIpc) is 3.15. The number of hydrogen-bond acceptors (Lipinski definition) is 6. The molecule has 0 radical (unpaired) electrons. The highest BCUT2D eigenvalue weighted by Crippen LogP contribution is 2.24. The molecular formula is C17H19FN6OS. The second kappa shape index (κ2) is 7.00. The minimum Gasteiger partial charge on any atom is -0.344 e. The molecule has 9 heteroatoms. The van der Waals surface area contributed by atoms with Crippen molar-refractivity contribution in [1.82, 2.24) is 19.5 Å². The summed E-state index contributed by atoms with van der Waals surface area (Å²) in [7, 11) is 0. The first-order chi connectivity index (χ1) is 12.6. The molecule has 2 aromatic heterocycles. The van der Waals surface area contributed by atoms with Gasteiger partial charge in [-0.2, -0.15) is 0 Å². The molecule has 0 spiro atoms. The Morgan fingerprint density at radius 3 is 2.65 bits per heavy atom. The van der Waals surface area contributed by atoms with E-state index in [0.717, 1.165) is 42.0 Å². The quantitative estimate of drug-likeness (QED) is 0.757. The molecule has 1 aromatic carbocycles. The van der Waals surface area contributed by atoms with Gasteiger partial charge in [0.15, 0.2) is 0 Å². The monoisotopic (exact) mass is 374 g/mol. The van der Waals surface area contributed by atoms with Gasteiger partial charge in [-0.25, -0.2) is 13.9 Å². The zero-order valence-electron chi connectivity index (χ0n) is 14.4. The Balaban J connectivity index is 1.29. The maximum absolute atomic E-state index is 12.9. The van der Waals surface area contributed by atoms with Crippen molar-refractivity contribution in [3.63, 3.8) is 0 Å². The number of fused-ring (bicyclic) bond motifs is 1. The number of aromatic nitrogens is 3. The third-order valence-corrected chi connectivity index (χ3v) is 5.27. The molecule has 4 rings (SSSR count). The second-order valence-corrected chi connectivity index (χ2v) is 7.25. The lowest BCUT2D eigenvalue weighted by atomic mass is 10.3. The Labute approximate surface area is 154 Å². The molecule has 3 heterocycles. The first-order valence-corrected chi connectivity index (χ1v) is 9.24. The van der Waals surface area contributed by atoms with Gasteiger partial charge in [0.25, 0.3) is 0 Å². The molecule has 0 saturated carbocycles. The van der Waals surface area contributed by atoms with E-state index >= 15 is 0 Å². The van der Waals surface area contributed by atoms with Gasteiger partial charge in [0.05, 0.1) is 18.4 Å². The fraction of sp³-hybridized carbons (Fsp3) is 0.353. The van der Waals surface area contributed by atoms with Gasteiger partial charge in [-0.3, -0.25) is 9.69 Å². The van der Waals surface area contributed by atoms with E-state index in [9.17, 15) is 9.18 Å². The second-order valence-electron chi connectivity index (χ2n) is 6.31. The smallest absolute Gasteiger partial charge is 0.238 e. The summed E-state index contributed by atoms with van der Waals surface area (Å²) >= 11 is 1.58. The summed E-state index contributed by atoms with van der Waals surface area (Å²) < 4.78 is 14.7. The SMILES string of the molecule is Cc1cn2nc(N3CCN(CC(=O)Nc4ccc(F)cc4)CC3)sc2n1. The highest BCUT2D eigenvalue weighted by atomic mass is 32.1. The Morgan fingerprint density at radius 1 is 1.23 bits per heavy atom. The van der Waals surface area contributed by atoms with Crippen LogP contribution in [0.1, 0.15) is 5.69 Å². The Hall–Kier alpha value is -2.52. The number of carbonyl (C=O) groups is 1. The van der Waals surface area contributed by atoms with E-state index in [-0.39, 0.29) is 11.7 Å². The number of carbonyl (C=O) groups excluding carboxylic acids is 1. The Bertz CT molecular complexity index is 882. The van der Waals surface area contributed by atoms with Crippen LogP contribution in [0.15, 0.2) is 30.5 Å². The average molecular weight is 374 g/mol. The third kappa shape index (κ3) is 3.68. The van der Waals surface area contributed by atoms with Crippen LogP contribution in [0.2, 0.25) is 0 Å². The van der Waals surface area contributed by atoms with Gasteiger partial charge < -0.3 is 10.2 Å². The molecule has 136 valence electrons. The van der Waals surface area contributed by atoms with Crippen molar-refractivity contribution in [2.45, 2.75) is 6.92 Å². The van der Waals surface area contributed by atoms with Gasteiger partial charge in [0, 0.05) is 31.9 Å². The van der Waals surface area contributed by atoms with Crippen molar-refractivity contribution in [2.75, 3.05) is 42.9 Å². The first-order valence-electron chi connectivity index (χ1n) is 8.42. The Morgan fingerprint density at radius 2 is 1.96 bits per heavy atom. The normalized spacial score (nSPS) is 15.5. The summed E-state index contributed by atoms with van der Waals surface area (Å²) in [4.78, 5) is 21.8. The molecule has 0 atom stereocenters. The van der Waals surface area contributed by atoms with E-state index in [1.165, 1.54) is 12.1 Å². The predicted molar refractivity (Wildman–Crippen MR) is 99.3 cm³/mol. The van der Waals surface area contributed by atoms with E-state index in [1.807, 2.05) is 17.6 Å². The lowest BCUT2D eigenvalue weighted by Crippen LogP contribution is -2.48. The number of nitrogens with one attached hydrogen (secondary N) is 1. The molecule has 7 nitrogen and oxygen atoms in total. The summed E-state index contributed by atoms with van der Waals surface area (Å²) in [6.07, 6.45) is 1.92. The summed E-state index contributed by atoms with van der Waals surface area (Å²) in [6, 6.07) is 5.79. The van der Waals surface area contributed by atoms with Crippen molar-refractivity contribution < 1.29 is 9.18 Å². The zero-order chi connectivity index (χ0) is 18.1. The van der Waals surface area contributed by atoms with Gasteiger partial charge in [-0.15, -0.1) is 5.10 Å². The van der Waals surface area contributed by atoms with Gasteiger partial charge >= 0.3 is 0 Å². The number of rotatable bonds is 4. The molecule has 1 saturated heterocycles. The number of hydrogen-bond donors (Lipinski definition) is 1. The summed E-state index contributed by atoms with van der Waals surface area (Å²) in [5, 5.41) is 8.33. The van der Waals surface area contributed by atoms with Crippen molar-refractivity contribution in [1.29, 1.82) is 0 Å². The standard InChI is InChI=1S/C17H19FN6OS/c1-12-10-24-16(19-12)26-17(21-24)23-8-6-22(7-9-23)11-15(25)20-14-4-2-13(18)3-5-14/h2-5,10H,6-9,11H2,1H3,(H,20,25). The van der Waals surface area contributed by atoms with Crippen LogP contribution in [0, 0.1) is 12.7 Å². The van der Waals surface area contributed by atoms with Crippen molar-refractivity contribution in [3.05, 3.63) is 42.0 Å². The minimum atomic E-state index is -0.316. The van der Waals surface area contributed by atoms with Crippen LogP contribution < -0.4 is 10.2 Å². The van der Waals surface area contributed by atoms with Crippen molar-refractivity contribution in [2.24, 2.45) is 0 Å².